The maximum Gasteiger partial charge on any atom is 0.0156 e. The molecule has 14 heavy (non-hydrogen) atoms. The summed E-state index contributed by atoms with van der Waals surface area (Å²) in [4.78, 5) is 0. The second-order valence-electron chi connectivity index (χ2n) is 4.16. The van der Waals surface area contributed by atoms with Crippen molar-refractivity contribution in [3.8, 4) is 0 Å². The van der Waals surface area contributed by atoms with Crippen LogP contribution in [-0.2, 0) is 0 Å². The molecule has 1 heterocycles. The monoisotopic (exact) mass is 207 g/mol. The van der Waals surface area contributed by atoms with Crippen LogP contribution in [0.1, 0.15) is 29.9 Å². The van der Waals surface area contributed by atoms with E-state index in [1.165, 1.54) is 24.0 Å². The van der Waals surface area contributed by atoms with Crippen molar-refractivity contribution < 1.29 is 0 Å². The molecule has 76 valence electrons. The summed E-state index contributed by atoms with van der Waals surface area (Å²) < 4.78 is 2.13. The van der Waals surface area contributed by atoms with Crippen molar-refractivity contribution in [1.29, 1.82) is 0 Å². The van der Waals surface area contributed by atoms with Gasteiger partial charge in [0.05, 0.1) is 0 Å². The van der Waals surface area contributed by atoms with Gasteiger partial charge >= 0.3 is 0 Å². The predicted molar refractivity (Wildman–Crippen MR) is 63.7 cm³/mol. The van der Waals surface area contributed by atoms with Crippen LogP contribution < -0.4 is 0 Å². The fourth-order valence-electron chi connectivity index (χ4n) is 2.07. The van der Waals surface area contributed by atoms with Crippen LogP contribution in [0.25, 0.3) is 0 Å². The lowest BCUT2D eigenvalue weighted by Gasteiger charge is -2.28. The molecule has 0 radical (unpaired) electrons. The van der Waals surface area contributed by atoms with Gasteiger partial charge in [-0.15, -0.1) is 0 Å². The predicted octanol–water partition coefficient (Wildman–Crippen LogP) is 3.02. The molecule has 0 saturated carbocycles. The highest BCUT2D eigenvalue weighted by Gasteiger charge is 2.18. The molecule has 1 aromatic carbocycles. The molecule has 0 aromatic heterocycles. The van der Waals surface area contributed by atoms with E-state index in [2.05, 4.69) is 48.3 Å². The zero-order valence-corrected chi connectivity index (χ0v) is 9.50. The molecule has 1 saturated heterocycles. The molecule has 1 nitrogen and oxygen atoms in total. The van der Waals surface area contributed by atoms with E-state index in [1.54, 1.807) is 0 Å². The van der Waals surface area contributed by atoms with Crippen LogP contribution in [0.2, 0.25) is 0 Å². The minimum absolute atomic E-state index is 0.682. The Labute approximate surface area is 91.7 Å². The molecular formula is C12H17NS. The summed E-state index contributed by atoms with van der Waals surface area (Å²) in [5.74, 6) is 0.682. The number of piperidine rings is 1. The highest BCUT2D eigenvalue weighted by Crippen LogP contribution is 2.27. The van der Waals surface area contributed by atoms with Crippen LogP contribution in [-0.4, -0.2) is 17.4 Å². The highest BCUT2D eigenvalue weighted by molar-refractivity contribution is 7.77. The van der Waals surface area contributed by atoms with Gasteiger partial charge in [-0.3, -0.25) is 4.31 Å². The number of aryl methyl sites for hydroxylation is 1. The van der Waals surface area contributed by atoms with E-state index < -0.39 is 0 Å². The van der Waals surface area contributed by atoms with Gasteiger partial charge in [0.15, 0.2) is 0 Å². The van der Waals surface area contributed by atoms with Crippen molar-refractivity contribution in [1.82, 2.24) is 4.31 Å². The first-order chi connectivity index (χ1) is 6.75. The fourth-order valence-corrected chi connectivity index (χ4v) is 2.41. The zero-order chi connectivity index (χ0) is 9.97. The van der Waals surface area contributed by atoms with Gasteiger partial charge in [-0.1, -0.05) is 42.6 Å². The fraction of sp³-hybridized carbons (Fsp3) is 0.500. The first-order valence-electron chi connectivity index (χ1n) is 5.26. The first kappa shape index (κ1) is 10.1. The number of thiol groups is 1. The summed E-state index contributed by atoms with van der Waals surface area (Å²) in [5, 5.41) is 0. The number of rotatable bonds is 1. The summed E-state index contributed by atoms with van der Waals surface area (Å²) >= 11 is 4.42. The van der Waals surface area contributed by atoms with E-state index in [-0.39, 0.29) is 0 Å². The molecule has 1 aliphatic heterocycles. The average molecular weight is 207 g/mol. The second-order valence-corrected chi connectivity index (χ2v) is 4.73. The highest BCUT2D eigenvalue weighted by atomic mass is 32.1. The number of nitrogens with zero attached hydrogens (tertiary/aromatic N) is 1. The van der Waals surface area contributed by atoms with Crippen molar-refractivity contribution in [3.05, 3.63) is 35.4 Å². The van der Waals surface area contributed by atoms with Gasteiger partial charge in [-0.2, -0.15) is 0 Å². The van der Waals surface area contributed by atoms with Crippen molar-refractivity contribution >= 4 is 12.8 Å². The Hall–Kier alpha value is -0.470. The number of hydrogen-bond acceptors (Lipinski definition) is 2. The standard InChI is InChI=1S/C12H17NS/c1-10-4-6-11(7-5-10)12-3-2-8-13(14)9-12/h4-7,12,14H,2-3,8-9H2,1H3. The van der Waals surface area contributed by atoms with E-state index >= 15 is 0 Å². The zero-order valence-electron chi connectivity index (χ0n) is 8.61. The molecule has 0 bridgehead atoms. The molecule has 2 heteroatoms. The molecule has 0 aliphatic carbocycles. The maximum atomic E-state index is 4.42. The van der Waals surface area contributed by atoms with E-state index in [4.69, 9.17) is 0 Å². The van der Waals surface area contributed by atoms with Gasteiger partial charge in [0.2, 0.25) is 0 Å². The van der Waals surface area contributed by atoms with Crippen LogP contribution in [0.3, 0.4) is 0 Å². The first-order valence-corrected chi connectivity index (χ1v) is 5.66. The Morgan fingerprint density at radius 2 is 2.00 bits per heavy atom. The Kier molecular flexibility index (Phi) is 3.14. The van der Waals surface area contributed by atoms with Gasteiger partial charge in [0.25, 0.3) is 0 Å². The van der Waals surface area contributed by atoms with Crippen molar-refractivity contribution in [2.45, 2.75) is 25.7 Å². The molecular weight excluding hydrogens is 190 g/mol. The van der Waals surface area contributed by atoms with Gasteiger partial charge in [0.1, 0.15) is 0 Å². The number of hydrogen-bond donors (Lipinski definition) is 1. The van der Waals surface area contributed by atoms with Gasteiger partial charge in [0, 0.05) is 13.1 Å². The molecule has 1 unspecified atom stereocenters. The van der Waals surface area contributed by atoms with Crippen LogP contribution >= 0.6 is 12.8 Å². The molecule has 1 atom stereocenters. The van der Waals surface area contributed by atoms with E-state index in [0.29, 0.717) is 5.92 Å². The topological polar surface area (TPSA) is 3.24 Å². The molecule has 0 N–H and O–H groups in total. The third-order valence-corrected chi connectivity index (χ3v) is 3.31. The molecule has 0 spiro atoms. The summed E-state index contributed by atoms with van der Waals surface area (Å²) in [5.41, 5.74) is 2.81. The van der Waals surface area contributed by atoms with Crippen LogP contribution in [0.4, 0.5) is 0 Å². The van der Waals surface area contributed by atoms with Gasteiger partial charge in [-0.05, 0) is 31.2 Å². The summed E-state index contributed by atoms with van der Waals surface area (Å²) in [6, 6.07) is 8.92. The Morgan fingerprint density at radius 1 is 1.29 bits per heavy atom. The third-order valence-electron chi connectivity index (χ3n) is 2.95. The lowest BCUT2D eigenvalue weighted by Crippen LogP contribution is -2.26. The van der Waals surface area contributed by atoms with Crippen LogP contribution in [0, 0.1) is 6.92 Å². The van der Waals surface area contributed by atoms with Crippen molar-refractivity contribution in [3.63, 3.8) is 0 Å². The molecule has 2 rings (SSSR count). The van der Waals surface area contributed by atoms with E-state index in [0.717, 1.165) is 13.1 Å². The number of benzene rings is 1. The minimum Gasteiger partial charge on any atom is -0.253 e. The Balaban J connectivity index is 2.10. The maximum absolute atomic E-state index is 4.42. The summed E-state index contributed by atoms with van der Waals surface area (Å²) in [6.07, 6.45) is 2.57. The van der Waals surface area contributed by atoms with Gasteiger partial charge in [-0.25, -0.2) is 0 Å². The van der Waals surface area contributed by atoms with Gasteiger partial charge < -0.3 is 0 Å². The molecule has 0 amide bonds. The summed E-state index contributed by atoms with van der Waals surface area (Å²) in [6.45, 7) is 4.35. The largest absolute Gasteiger partial charge is 0.253 e. The van der Waals surface area contributed by atoms with E-state index in [9.17, 15) is 0 Å². The molecule has 1 aliphatic rings. The lowest BCUT2D eigenvalue weighted by molar-refractivity contribution is 0.346. The van der Waals surface area contributed by atoms with E-state index in [1.807, 2.05) is 0 Å². The van der Waals surface area contributed by atoms with Crippen LogP contribution in [0.15, 0.2) is 24.3 Å². The van der Waals surface area contributed by atoms with Crippen molar-refractivity contribution in [2.24, 2.45) is 0 Å². The lowest BCUT2D eigenvalue weighted by atomic mass is 9.91. The smallest absolute Gasteiger partial charge is 0.0156 e. The minimum atomic E-state index is 0.682. The normalized spacial score (nSPS) is 23.7. The third kappa shape index (κ3) is 2.31. The summed E-state index contributed by atoms with van der Waals surface area (Å²) in [7, 11) is 0. The Morgan fingerprint density at radius 3 is 2.64 bits per heavy atom. The quantitative estimate of drug-likeness (QED) is 0.693. The SMILES string of the molecule is Cc1ccc(C2CCCN(S)C2)cc1. The Bertz CT molecular complexity index is 294. The molecule has 1 fully saturated rings. The van der Waals surface area contributed by atoms with Crippen molar-refractivity contribution in [2.75, 3.05) is 13.1 Å². The molecule has 1 aromatic rings. The van der Waals surface area contributed by atoms with Crippen LogP contribution in [0.5, 0.6) is 0 Å². The average Bonchev–Trinajstić information content (AvgIpc) is 2.19. The second kappa shape index (κ2) is 4.37.